The molecule has 1 aromatic heterocycles. The number of nitrogens with two attached hydrogens (primary N) is 1. The number of rotatable bonds is 8. The molecule has 0 bridgehead atoms. The van der Waals surface area contributed by atoms with Crippen molar-refractivity contribution in [2.45, 2.75) is 60.4 Å². The van der Waals surface area contributed by atoms with E-state index >= 15 is 0 Å². The van der Waals surface area contributed by atoms with E-state index in [4.69, 9.17) is 20.2 Å². The normalized spacial score (nSPS) is 12.6. The molecule has 1 aliphatic heterocycles. The number of amidine groups is 1. The van der Waals surface area contributed by atoms with Crippen LogP contribution in [-0.2, 0) is 6.42 Å². The van der Waals surface area contributed by atoms with Crippen molar-refractivity contribution in [2.24, 2.45) is 4.99 Å². The number of hydrogen-bond donors (Lipinski definition) is 3. The van der Waals surface area contributed by atoms with Gasteiger partial charge in [-0.05, 0) is 50.1 Å². The Morgan fingerprint density at radius 1 is 1.19 bits per heavy atom. The molecule has 2 aromatic rings. The number of benzene rings is 1. The summed E-state index contributed by atoms with van der Waals surface area (Å²) in [5.74, 6) is 2.22. The van der Waals surface area contributed by atoms with E-state index in [2.05, 4.69) is 34.4 Å². The first-order valence-electron chi connectivity index (χ1n) is 11.1. The third-order valence-electron chi connectivity index (χ3n) is 4.74. The summed E-state index contributed by atoms with van der Waals surface area (Å²) < 4.78 is 24.4. The van der Waals surface area contributed by atoms with Crippen molar-refractivity contribution >= 4 is 17.3 Å². The minimum atomic E-state index is -0.847. The Balaban J connectivity index is 0.00000176. The number of fused-ring (bicyclic) bond motifs is 1. The fourth-order valence-electron chi connectivity index (χ4n) is 3.14. The van der Waals surface area contributed by atoms with E-state index in [0.29, 0.717) is 36.2 Å². The Morgan fingerprint density at radius 2 is 1.88 bits per heavy atom. The van der Waals surface area contributed by atoms with Gasteiger partial charge in [0.25, 0.3) is 0 Å². The topological polar surface area (TPSA) is 107 Å². The van der Waals surface area contributed by atoms with Gasteiger partial charge < -0.3 is 25.8 Å². The van der Waals surface area contributed by atoms with Crippen LogP contribution >= 0.6 is 0 Å². The summed E-state index contributed by atoms with van der Waals surface area (Å²) in [7, 11) is 0. The van der Waals surface area contributed by atoms with Crippen LogP contribution in [0.5, 0.6) is 11.5 Å². The average molecular weight is 447 g/mol. The summed E-state index contributed by atoms with van der Waals surface area (Å²) in [6.07, 6.45) is 0.564. The minimum absolute atomic E-state index is 0.0524. The zero-order valence-electron chi connectivity index (χ0n) is 19.9. The third kappa shape index (κ3) is 7.05. The van der Waals surface area contributed by atoms with Gasteiger partial charge in [-0.15, -0.1) is 0 Å². The molecule has 8 nitrogen and oxygen atoms in total. The molecule has 2 heterocycles. The summed E-state index contributed by atoms with van der Waals surface area (Å²) in [4.78, 5) is 12.1. The largest absolute Gasteiger partial charge is 0.454 e. The van der Waals surface area contributed by atoms with Gasteiger partial charge in [-0.2, -0.15) is 9.37 Å². The Hall–Kier alpha value is -2.94. The Morgan fingerprint density at radius 3 is 2.53 bits per heavy atom. The standard InChI is InChI=1S/C21H29FN6O2.C2H6/c1-12(2)24-6-5-7-25-18(27-19-14(4)26-21(22)28-20(19)23)10-15-9-17-16(8-13(15)3)29-11-30-17;1-2/h8-9,12,24H,5-7,10-11H2,1-4H3,(H,25,27)(H2,23,26,28);1-2H3. The van der Waals surface area contributed by atoms with Gasteiger partial charge in [-0.25, -0.2) is 4.98 Å². The van der Waals surface area contributed by atoms with Crippen LogP contribution in [0.25, 0.3) is 0 Å². The molecule has 9 heteroatoms. The molecule has 3 rings (SSSR count). The molecule has 0 spiro atoms. The van der Waals surface area contributed by atoms with Gasteiger partial charge in [0, 0.05) is 19.0 Å². The number of halogens is 1. The predicted octanol–water partition coefficient (Wildman–Crippen LogP) is 4.01. The van der Waals surface area contributed by atoms with E-state index in [1.807, 2.05) is 32.9 Å². The van der Waals surface area contributed by atoms with Crippen LogP contribution in [0, 0.1) is 19.9 Å². The SMILES string of the molecule is CC.Cc1cc2c(cc1CC(=NCCCNC(C)C)Nc1c(C)nc(F)nc1N)OCO2. The van der Waals surface area contributed by atoms with Crippen LogP contribution < -0.4 is 25.8 Å². The first kappa shape index (κ1) is 25.3. The molecule has 0 unspecified atom stereocenters. The summed E-state index contributed by atoms with van der Waals surface area (Å²) in [5, 5.41) is 6.61. The average Bonchev–Trinajstić information content (AvgIpc) is 3.18. The molecular weight excluding hydrogens is 411 g/mol. The van der Waals surface area contributed by atoms with Crippen molar-refractivity contribution in [1.82, 2.24) is 15.3 Å². The zero-order chi connectivity index (χ0) is 23.7. The number of aliphatic imine (C=N–C) groups is 1. The number of nitrogens with one attached hydrogen (secondary N) is 2. The fourth-order valence-corrected chi connectivity index (χ4v) is 3.14. The van der Waals surface area contributed by atoms with Crippen LogP contribution in [0.15, 0.2) is 17.1 Å². The van der Waals surface area contributed by atoms with Gasteiger partial charge in [-0.1, -0.05) is 27.7 Å². The number of anilines is 2. The maximum atomic E-state index is 13.4. The van der Waals surface area contributed by atoms with Gasteiger partial charge in [0.2, 0.25) is 6.79 Å². The van der Waals surface area contributed by atoms with Crippen LogP contribution in [0.2, 0.25) is 0 Å². The lowest BCUT2D eigenvalue weighted by Crippen LogP contribution is -2.24. The predicted molar refractivity (Wildman–Crippen MR) is 127 cm³/mol. The van der Waals surface area contributed by atoms with Gasteiger partial charge in [0.1, 0.15) is 11.5 Å². The molecule has 1 aromatic carbocycles. The van der Waals surface area contributed by atoms with Crippen molar-refractivity contribution in [1.29, 1.82) is 0 Å². The number of aryl methyl sites for hydroxylation is 2. The van der Waals surface area contributed by atoms with Crippen molar-refractivity contribution in [2.75, 3.05) is 30.9 Å². The highest BCUT2D eigenvalue weighted by molar-refractivity contribution is 5.99. The summed E-state index contributed by atoms with van der Waals surface area (Å²) >= 11 is 0. The molecule has 0 aliphatic carbocycles. The van der Waals surface area contributed by atoms with Gasteiger partial charge in [-0.3, -0.25) is 4.99 Å². The number of nitrogens with zero attached hydrogens (tertiary/aromatic N) is 3. The molecule has 0 saturated heterocycles. The quantitative estimate of drug-likeness (QED) is 0.243. The highest BCUT2D eigenvalue weighted by atomic mass is 19.1. The molecule has 4 N–H and O–H groups in total. The first-order chi connectivity index (χ1) is 15.3. The van der Waals surface area contributed by atoms with E-state index in [9.17, 15) is 4.39 Å². The lowest BCUT2D eigenvalue weighted by atomic mass is 10.0. The number of nitrogen functional groups attached to an aromatic ring is 1. The molecule has 1 aliphatic rings. The second kappa shape index (κ2) is 12.2. The van der Waals surface area contributed by atoms with E-state index in [1.54, 1.807) is 6.92 Å². The Bertz CT molecular complexity index is 910. The highest BCUT2D eigenvalue weighted by Gasteiger charge is 2.18. The summed E-state index contributed by atoms with van der Waals surface area (Å²) in [6, 6.07) is 4.36. The summed E-state index contributed by atoms with van der Waals surface area (Å²) in [5.41, 5.74) is 8.93. The van der Waals surface area contributed by atoms with E-state index in [-0.39, 0.29) is 12.6 Å². The monoisotopic (exact) mass is 446 g/mol. The molecule has 32 heavy (non-hydrogen) atoms. The second-order valence-corrected chi connectivity index (χ2v) is 7.56. The molecule has 0 fully saturated rings. The zero-order valence-corrected chi connectivity index (χ0v) is 19.9. The number of aromatic nitrogens is 2. The molecule has 0 radical (unpaired) electrons. The first-order valence-corrected chi connectivity index (χ1v) is 11.1. The Labute approximate surface area is 189 Å². The third-order valence-corrected chi connectivity index (χ3v) is 4.74. The van der Waals surface area contributed by atoms with E-state index in [1.165, 1.54) is 0 Å². The van der Waals surface area contributed by atoms with Crippen molar-refractivity contribution in [3.05, 3.63) is 35.0 Å². The number of hydrogen-bond acceptors (Lipinski definition) is 7. The van der Waals surface area contributed by atoms with Gasteiger partial charge in [0.05, 0.1) is 5.69 Å². The fraction of sp³-hybridized carbons (Fsp3) is 0.522. The van der Waals surface area contributed by atoms with E-state index < -0.39 is 6.08 Å². The van der Waals surface area contributed by atoms with Crippen molar-refractivity contribution < 1.29 is 13.9 Å². The van der Waals surface area contributed by atoms with Gasteiger partial charge in [0.15, 0.2) is 17.3 Å². The lowest BCUT2D eigenvalue weighted by Gasteiger charge is -2.15. The lowest BCUT2D eigenvalue weighted by molar-refractivity contribution is 0.174. The molecular formula is C23H35FN6O2. The Kier molecular flexibility index (Phi) is 9.64. The van der Waals surface area contributed by atoms with Crippen molar-refractivity contribution in [3.63, 3.8) is 0 Å². The number of ether oxygens (including phenoxy) is 2. The molecule has 0 saturated carbocycles. The van der Waals surface area contributed by atoms with Crippen LogP contribution in [0.3, 0.4) is 0 Å². The van der Waals surface area contributed by atoms with Crippen molar-refractivity contribution in [3.8, 4) is 11.5 Å². The van der Waals surface area contributed by atoms with Crippen LogP contribution in [0.4, 0.5) is 15.9 Å². The molecule has 0 atom stereocenters. The summed E-state index contributed by atoms with van der Waals surface area (Å²) in [6.45, 7) is 13.6. The molecule has 0 amide bonds. The van der Waals surface area contributed by atoms with Crippen LogP contribution in [-0.4, -0.2) is 41.7 Å². The van der Waals surface area contributed by atoms with Crippen LogP contribution in [0.1, 0.15) is 50.9 Å². The van der Waals surface area contributed by atoms with E-state index in [0.717, 1.165) is 35.6 Å². The van der Waals surface area contributed by atoms with Gasteiger partial charge >= 0.3 is 6.08 Å². The second-order valence-electron chi connectivity index (χ2n) is 7.56. The maximum Gasteiger partial charge on any atom is 0.310 e. The molecule has 176 valence electrons. The maximum absolute atomic E-state index is 13.4. The highest BCUT2D eigenvalue weighted by Crippen LogP contribution is 2.35. The minimum Gasteiger partial charge on any atom is -0.454 e. The smallest absolute Gasteiger partial charge is 0.310 e.